The Morgan fingerprint density at radius 3 is 2.27 bits per heavy atom. The number of anilines is 2. The van der Waals surface area contributed by atoms with Gasteiger partial charge in [0.05, 0.1) is 18.0 Å². The maximum absolute atomic E-state index is 5.92. The summed E-state index contributed by atoms with van der Waals surface area (Å²) in [5.74, 6) is 0.727. The Morgan fingerprint density at radius 2 is 1.80 bits per heavy atom. The third-order valence-electron chi connectivity index (χ3n) is 2.33. The zero-order chi connectivity index (χ0) is 11.6. The second-order valence-corrected chi connectivity index (χ2v) is 4.63. The first-order valence-corrected chi connectivity index (χ1v) is 5.19. The van der Waals surface area contributed by atoms with Crippen LogP contribution in [0.2, 0.25) is 0 Å². The molecule has 3 nitrogen and oxygen atoms in total. The normalized spacial score (nSPS) is 11.5. The number of nitrogen functional groups attached to an aromatic ring is 2. The molecule has 1 rings (SSSR count). The molecule has 0 aliphatic rings. The second-order valence-electron chi connectivity index (χ2n) is 4.63. The van der Waals surface area contributed by atoms with Gasteiger partial charge in [-0.25, -0.2) is 0 Å². The van der Waals surface area contributed by atoms with Crippen LogP contribution in [0.5, 0.6) is 5.75 Å². The van der Waals surface area contributed by atoms with Crippen molar-refractivity contribution < 1.29 is 4.74 Å². The van der Waals surface area contributed by atoms with Crippen LogP contribution in [0.3, 0.4) is 0 Å². The van der Waals surface area contributed by atoms with E-state index < -0.39 is 0 Å². The number of nitrogens with two attached hydrogens (primary N) is 2. The molecule has 3 heteroatoms. The Kier molecular flexibility index (Phi) is 3.12. The fourth-order valence-electron chi connectivity index (χ4n) is 1.51. The Bertz CT molecular complexity index is 353. The summed E-state index contributed by atoms with van der Waals surface area (Å²) in [5.41, 5.74) is 13.9. The van der Waals surface area contributed by atoms with Crippen molar-refractivity contribution in [1.82, 2.24) is 0 Å². The van der Waals surface area contributed by atoms with Gasteiger partial charge in [-0.1, -0.05) is 26.8 Å². The standard InChI is InChI=1S/C12H20N2O/c1-5-15-11-8(12(2,3)4)6-7-9(13)10(11)14/h6-7H,5,13-14H2,1-4H3. The summed E-state index contributed by atoms with van der Waals surface area (Å²) < 4.78 is 5.57. The molecular weight excluding hydrogens is 188 g/mol. The molecule has 0 fully saturated rings. The molecule has 0 amide bonds. The van der Waals surface area contributed by atoms with Gasteiger partial charge in [-0.2, -0.15) is 0 Å². The summed E-state index contributed by atoms with van der Waals surface area (Å²) in [6, 6.07) is 3.81. The van der Waals surface area contributed by atoms with Gasteiger partial charge in [0.15, 0.2) is 0 Å². The van der Waals surface area contributed by atoms with E-state index in [1.165, 1.54) is 0 Å². The van der Waals surface area contributed by atoms with Crippen LogP contribution in [0.1, 0.15) is 33.3 Å². The zero-order valence-corrected chi connectivity index (χ0v) is 9.92. The van der Waals surface area contributed by atoms with E-state index in [2.05, 4.69) is 20.8 Å². The van der Waals surface area contributed by atoms with E-state index in [-0.39, 0.29) is 5.41 Å². The van der Waals surface area contributed by atoms with E-state index >= 15 is 0 Å². The average Bonchev–Trinajstić information content (AvgIpc) is 2.11. The van der Waals surface area contributed by atoms with Crippen molar-refractivity contribution in [3.05, 3.63) is 17.7 Å². The summed E-state index contributed by atoms with van der Waals surface area (Å²) in [6.45, 7) is 8.91. The summed E-state index contributed by atoms with van der Waals surface area (Å²) in [7, 11) is 0. The highest BCUT2D eigenvalue weighted by Gasteiger charge is 2.21. The molecule has 0 saturated carbocycles. The van der Waals surface area contributed by atoms with Crippen LogP contribution in [0, 0.1) is 0 Å². The molecule has 4 N–H and O–H groups in total. The molecule has 0 saturated heterocycles. The SMILES string of the molecule is CCOc1c(C(C)(C)C)ccc(N)c1N. The molecular formula is C12H20N2O. The number of ether oxygens (including phenoxy) is 1. The highest BCUT2D eigenvalue weighted by molar-refractivity contribution is 5.73. The van der Waals surface area contributed by atoms with Crippen molar-refractivity contribution in [1.29, 1.82) is 0 Å². The maximum Gasteiger partial charge on any atom is 0.147 e. The van der Waals surface area contributed by atoms with Gasteiger partial charge in [0.2, 0.25) is 0 Å². The van der Waals surface area contributed by atoms with Crippen molar-refractivity contribution in [2.24, 2.45) is 0 Å². The van der Waals surface area contributed by atoms with E-state index in [1.54, 1.807) is 0 Å². The van der Waals surface area contributed by atoms with Crippen LogP contribution in [0.15, 0.2) is 12.1 Å². The minimum atomic E-state index is 0.00627. The van der Waals surface area contributed by atoms with Crippen molar-refractivity contribution in [3.63, 3.8) is 0 Å². The monoisotopic (exact) mass is 208 g/mol. The first-order valence-electron chi connectivity index (χ1n) is 5.19. The largest absolute Gasteiger partial charge is 0.491 e. The molecule has 15 heavy (non-hydrogen) atoms. The van der Waals surface area contributed by atoms with Gasteiger partial charge in [-0.3, -0.25) is 0 Å². The van der Waals surface area contributed by atoms with Crippen LogP contribution in [0.25, 0.3) is 0 Å². The van der Waals surface area contributed by atoms with Gasteiger partial charge in [0.1, 0.15) is 5.75 Å². The van der Waals surface area contributed by atoms with Crippen LogP contribution in [0.4, 0.5) is 11.4 Å². The summed E-state index contributed by atoms with van der Waals surface area (Å²) in [4.78, 5) is 0. The second kappa shape index (κ2) is 4.01. The molecule has 0 atom stereocenters. The summed E-state index contributed by atoms with van der Waals surface area (Å²) in [5, 5.41) is 0. The Morgan fingerprint density at radius 1 is 1.20 bits per heavy atom. The molecule has 0 aliphatic carbocycles. The number of hydrogen-bond donors (Lipinski definition) is 2. The van der Waals surface area contributed by atoms with Gasteiger partial charge in [0.25, 0.3) is 0 Å². The van der Waals surface area contributed by atoms with Gasteiger partial charge in [0, 0.05) is 5.56 Å². The molecule has 0 spiro atoms. The van der Waals surface area contributed by atoms with E-state index in [1.807, 2.05) is 19.1 Å². The predicted octanol–water partition coefficient (Wildman–Crippen LogP) is 2.55. The lowest BCUT2D eigenvalue weighted by molar-refractivity contribution is 0.332. The fourth-order valence-corrected chi connectivity index (χ4v) is 1.51. The molecule has 0 aromatic heterocycles. The van der Waals surface area contributed by atoms with Crippen molar-refractivity contribution in [2.75, 3.05) is 18.1 Å². The van der Waals surface area contributed by atoms with Gasteiger partial charge in [-0.15, -0.1) is 0 Å². The lowest BCUT2D eigenvalue weighted by atomic mass is 9.85. The van der Waals surface area contributed by atoms with Crippen molar-refractivity contribution in [3.8, 4) is 5.75 Å². The van der Waals surface area contributed by atoms with Crippen LogP contribution >= 0.6 is 0 Å². The van der Waals surface area contributed by atoms with Gasteiger partial charge in [-0.05, 0) is 18.4 Å². The topological polar surface area (TPSA) is 61.3 Å². The van der Waals surface area contributed by atoms with Gasteiger partial charge >= 0.3 is 0 Å². The minimum absolute atomic E-state index is 0.00627. The Balaban J connectivity index is 3.33. The first-order chi connectivity index (χ1) is 6.88. The molecule has 84 valence electrons. The number of benzene rings is 1. The molecule has 1 aromatic carbocycles. The van der Waals surface area contributed by atoms with Crippen molar-refractivity contribution >= 4 is 11.4 Å². The molecule has 0 bridgehead atoms. The van der Waals surface area contributed by atoms with E-state index in [9.17, 15) is 0 Å². The summed E-state index contributed by atoms with van der Waals surface area (Å²) in [6.07, 6.45) is 0. The third-order valence-corrected chi connectivity index (χ3v) is 2.33. The first kappa shape index (κ1) is 11.7. The fraction of sp³-hybridized carbons (Fsp3) is 0.500. The van der Waals surface area contributed by atoms with Gasteiger partial charge < -0.3 is 16.2 Å². The van der Waals surface area contributed by atoms with Crippen LogP contribution in [-0.2, 0) is 5.41 Å². The highest BCUT2D eigenvalue weighted by atomic mass is 16.5. The Hall–Kier alpha value is -1.38. The maximum atomic E-state index is 5.92. The number of hydrogen-bond acceptors (Lipinski definition) is 3. The smallest absolute Gasteiger partial charge is 0.147 e. The average molecular weight is 208 g/mol. The van der Waals surface area contributed by atoms with E-state index in [0.717, 1.165) is 11.3 Å². The molecule has 0 heterocycles. The van der Waals surface area contributed by atoms with Crippen molar-refractivity contribution in [2.45, 2.75) is 33.1 Å². The van der Waals surface area contributed by atoms with E-state index in [4.69, 9.17) is 16.2 Å². The van der Waals surface area contributed by atoms with Crippen LogP contribution in [-0.4, -0.2) is 6.61 Å². The quantitative estimate of drug-likeness (QED) is 0.734. The van der Waals surface area contributed by atoms with Crippen LogP contribution < -0.4 is 16.2 Å². The third kappa shape index (κ3) is 2.35. The lowest BCUT2D eigenvalue weighted by Gasteiger charge is -2.24. The predicted molar refractivity (Wildman–Crippen MR) is 65.1 cm³/mol. The summed E-state index contributed by atoms with van der Waals surface area (Å²) >= 11 is 0. The van der Waals surface area contributed by atoms with E-state index in [0.29, 0.717) is 18.0 Å². The molecule has 0 unspecified atom stereocenters. The zero-order valence-electron chi connectivity index (χ0n) is 9.92. The molecule has 0 radical (unpaired) electrons. The Labute approximate surface area is 91.4 Å². The highest BCUT2D eigenvalue weighted by Crippen LogP contribution is 2.38. The molecule has 0 aliphatic heterocycles. The molecule has 1 aromatic rings. The minimum Gasteiger partial charge on any atom is -0.491 e. The lowest BCUT2D eigenvalue weighted by Crippen LogP contribution is -2.15. The number of rotatable bonds is 2.